The summed E-state index contributed by atoms with van der Waals surface area (Å²) < 4.78 is 5.44. The predicted molar refractivity (Wildman–Crippen MR) is 53.2 cm³/mol. The quantitative estimate of drug-likeness (QED) is 0.731. The lowest BCUT2D eigenvalue weighted by Crippen LogP contribution is -2.40. The van der Waals surface area contributed by atoms with E-state index < -0.39 is 5.97 Å². The van der Waals surface area contributed by atoms with Crippen LogP contribution >= 0.6 is 0 Å². The summed E-state index contributed by atoms with van der Waals surface area (Å²) in [6.45, 7) is 5.16. The summed E-state index contributed by atoms with van der Waals surface area (Å²) in [6, 6.07) is 0.372. The van der Waals surface area contributed by atoms with E-state index in [0.717, 1.165) is 13.0 Å². The van der Waals surface area contributed by atoms with Crippen LogP contribution in [0.1, 0.15) is 20.3 Å². The molecule has 0 radical (unpaired) electrons. The smallest absolute Gasteiger partial charge is 0.307 e. The van der Waals surface area contributed by atoms with Gasteiger partial charge < -0.3 is 9.84 Å². The molecule has 1 aliphatic heterocycles. The number of ether oxygens (including phenoxy) is 1. The second-order valence-electron chi connectivity index (χ2n) is 4.11. The fourth-order valence-electron chi connectivity index (χ4n) is 1.94. The lowest BCUT2D eigenvalue weighted by atomic mass is 10.1. The van der Waals surface area contributed by atoms with Gasteiger partial charge in [-0.1, -0.05) is 6.92 Å². The van der Waals surface area contributed by atoms with E-state index in [9.17, 15) is 4.79 Å². The number of carboxylic acid groups (broad SMARTS) is 1. The molecule has 14 heavy (non-hydrogen) atoms. The number of nitrogens with zero attached hydrogens (tertiary/aromatic N) is 1. The summed E-state index contributed by atoms with van der Waals surface area (Å²) in [5.74, 6) is -1.05. The molecule has 1 heterocycles. The Morgan fingerprint density at radius 1 is 1.71 bits per heavy atom. The van der Waals surface area contributed by atoms with Gasteiger partial charge in [0.05, 0.1) is 12.0 Å². The highest BCUT2D eigenvalue weighted by Gasteiger charge is 2.29. The first-order valence-corrected chi connectivity index (χ1v) is 5.07. The molecule has 1 N–H and O–H groups in total. The molecule has 0 aromatic carbocycles. The van der Waals surface area contributed by atoms with E-state index >= 15 is 0 Å². The molecule has 3 unspecified atom stereocenters. The van der Waals surface area contributed by atoms with Crippen LogP contribution in [0.15, 0.2) is 0 Å². The molecular weight excluding hydrogens is 182 g/mol. The molecule has 0 bridgehead atoms. The van der Waals surface area contributed by atoms with Crippen molar-refractivity contribution in [3.8, 4) is 0 Å². The highest BCUT2D eigenvalue weighted by molar-refractivity contribution is 5.69. The van der Waals surface area contributed by atoms with Crippen LogP contribution in [0.2, 0.25) is 0 Å². The second-order valence-corrected chi connectivity index (χ2v) is 4.11. The minimum Gasteiger partial charge on any atom is -0.481 e. The lowest BCUT2D eigenvalue weighted by molar-refractivity contribution is -0.141. The van der Waals surface area contributed by atoms with E-state index in [1.54, 1.807) is 6.92 Å². The average Bonchev–Trinajstić information content (AvgIpc) is 2.51. The number of aliphatic carboxylic acids is 1. The number of hydrogen-bond donors (Lipinski definition) is 1. The zero-order valence-electron chi connectivity index (χ0n) is 9.06. The zero-order valence-corrected chi connectivity index (χ0v) is 9.06. The van der Waals surface area contributed by atoms with Crippen molar-refractivity contribution in [2.75, 3.05) is 20.2 Å². The van der Waals surface area contributed by atoms with Crippen molar-refractivity contribution in [1.29, 1.82) is 0 Å². The first kappa shape index (κ1) is 11.5. The summed E-state index contributed by atoms with van der Waals surface area (Å²) in [6.07, 6.45) is 1.23. The molecule has 3 atom stereocenters. The molecule has 0 saturated carbocycles. The fraction of sp³-hybridized carbons (Fsp3) is 0.900. The standard InChI is InChI=1S/C10H19NO3/c1-7(10(12)13)6-11(3)9-4-5-14-8(9)2/h7-9H,4-6H2,1-3H3,(H,12,13). The molecule has 4 heteroatoms. The Morgan fingerprint density at radius 2 is 2.36 bits per heavy atom. The molecule has 1 saturated heterocycles. The van der Waals surface area contributed by atoms with Gasteiger partial charge in [0.2, 0.25) is 0 Å². The van der Waals surface area contributed by atoms with E-state index in [1.807, 2.05) is 14.0 Å². The third kappa shape index (κ3) is 2.69. The molecule has 82 valence electrons. The van der Waals surface area contributed by atoms with Gasteiger partial charge in [0, 0.05) is 19.2 Å². The molecular formula is C10H19NO3. The van der Waals surface area contributed by atoms with Crippen LogP contribution in [-0.4, -0.2) is 48.3 Å². The van der Waals surface area contributed by atoms with Crippen molar-refractivity contribution in [3.05, 3.63) is 0 Å². The number of carbonyl (C=O) groups is 1. The van der Waals surface area contributed by atoms with Crippen LogP contribution < -0.4 is 0 Å². The Balaban J connectivity index is 2.41. The van der Waals surface area contributed by atoms with E-state index in [1.165, 1.54) is 0 Å². The monoisotopic (exact) mass is 201 g/mol. The van der Waals surface area contributed by atoms with Gasteiger partial charge in [-0.2, -0.15) is 0 Å². The lowest BCUT2D eigenvalue weighted by Gasteiger charge is -2.27. The van der Waals surface area contributed by atoms with Gasteiger partial charge in [0.25, 0.3) is 0 Å². The Kier molecular flexibility index (Phi) is 3.89. The van der Waals surface area contributed by atoms with E-state index in [2.05, 4.69) is 4.90 Å². The molecule has 0 aromatic heterocycles. The largest absolute Gasteiger partial charge is 0.481 e. The summed E-state index contributed by atoms with van der Waals surface area (Å²) in [4.78, 5) is 12.8. The van der Waals surface area contributed by atoms with E-state index in [4.69, 9.17) is 9.84 Å². The highest BCUT2D eigenvalue weighted by Crippen LogP contribution is 2.18. The van der Waals surface area contributed by atoms with E-state index in [-0.39, 0.29) is 12.0 Å². The highest BCUT2D eigenvalue weighted by atomic mass is 16.5. The van der Waals surface area contributed by atoms with Crippen molar-refractivity contribution in [3.63, 3.8) is 0 Å². The van der Waals surface area contributed by atoms with Crippen molar-refractivity contribution in [2.24, 2.45) is 5.92 Å². The normalized spacial score (nSPS) is 29.4. The number of likely N-dealkylation sites (N-methyl/N-ethyl adjacent to an activating group) is 1. The predicted octanol–water partition coefficient (Wildman–Crippen LogP) is 0.816. The van der Waals surface area contributed by atoms with Gasteiger partial charge >= 0.3 is 5.97 Å². The number of carboxylic acids is 1. The Morgan fingerprint density at radius 3 is 2.79 bits per heavy atom. The van der Waals surface area contributed by atoms with Crippen molar-refractivity contribution >= 4 is 5.97 Å². The Hall–Kier alpha value is -0.610. The fourth-order valence-corrected chi connectivity index (χ4v) is 1.94. The summed E-state index contributed by atoms with van der Waals surface area (Å²) in [7, 11) is 1.97. The summed E-state index contributed by atoms with van der Waals surface area (Å²) in [5.41, 5.74) is 0. The molecule has 0 spiro atoms. The van der Waals surface area contributed by atoms with Crippen LogP contribution in [-0.2, 0) is 9.53 Å². The minimum atomic E-state index is -0.733. The average molecular weight is 201 g/mol. The molecule has 0 amide bonds. The van der Waals surface area contributed by atoms with Gasteiger partial charge in [-0.15, -0.1) is 0 Å². The number of hydrogen-bond acceptors (Lipinski definition) is 3. The first-order valence-electron chi connectivity index (χ1n) is 5.07. The van der Waals surface area contributed by atoms with Gasteiger partial charge in [-0.3, -0.25) is 9.69 Å². The van der Waals surface area contributed by atoms with Gasteiger partial charge in [-0.05, 0) is 20.4 Å². The first-order chi connectivity index (χ1) is 6.52. The van der Waals surface area contributed by atoms with Gasteiger partial charge in [0.15, 0.2) is 0 Å². The molecule has 1 fully saturated rings. The maximum atomic E-state index is 10.7. The third-order valence-corrected chi connectivity index (χ3v) is 2.89. The maximum absolute atomic E-state index is 10.7. The third-order valence-electron chi connectivity index (χ3n) is 2.89. The topological polar surface area (TPSA) is 49.8 Å². The zero-order chi connectivity index (χ0) is 10.7. The van der Waals surface area contributed by atoms with Crippen LogP contribution in [0.5, 0.6) is 0 Å². The SMILES string of the molecule is CC(CN(C)C1CCOC1C)C(=O)O. The maximum Gasteiger partial charge on any atom is 0.307 e. The molecule has 0 aliphatic carbocycles. The number of rotatable bonds is 4. The van der Waals surface area contributed by atoms with Gasteiger partial charge in [-0.25, -0.2) is 0 Å². The molecule has 4 nitrogen and oxygen atoms in total. The van der Waals surface area contributed by atoms with Crippen LogP contribution in [0.25, 0.3) is 0 Å². The van der Waals surface area contributed by atoms with E-state index in [0.29, 0.717) is 12.6 Å². The van der Waals surface area contributed by atoms with Crippen LogP contribution in [0, 0.1) is 5.92 Å². The van der Waals surface area contributed by atoms with Crippen molar-refractivity contribution in [2.45, 2.75) is 32.4 Å². The molecule has 1 rings (SSSR count). The Labute approximate surface area is 84.8 Å². The van der Waals surface area contributed by atoms with Crippen LogP contribution in [0.3, 0.4) is 0 Å². The molecule has 0 aromatic rings. The summed E-state index contributed by atoms with van der Waals surface area (Å²) >= 11 is 0. The van der Waals surface area contributed by atoms with Gasteiger partial charge in [0.1, 0.15) is 0 Å². The van der Waals surface area contributed by atoms with Crippen molar-refractivity contribution in [1.82, 2.24) is 4.90 Å². The second kappa shape index (κ2) is 4.75. The van der Waals surface area contributed by atoms with Crippen molar-refractivity contribution < 1.29 is 14.6 Å². The summed E-state index contributed by atoms with van der Waals surface area (Å²) in [5, 5.41) is 8.78. The molecule has 1 aliphatic rings. The Bertz CT molecular complexity index is 208. The minimum absolute atomic E-state index is 0.223. The van der Waals surface area contributed by atoms with Crippen LogP contribution in [0.4, 0.5) is 0 Å².